The summed E-state index contributed by atoms with van der Waals surface area (Å²) in [6, 6.07) is 4.14. The van der Waals surface area contributed by atoms with Gasteiger partial charge in [0.1, 0.15) is 17.4 Å². The lowest BCUT2D eigenvalue weighted by atomic mass is 9.85. The number of rotatable bonds is 7. The van der Waals surface area contributed by atoms with Crippen molar-refractivity contribution in [1.82, 2.24) is 4.90 Å². The minimum atomic E-state index is -3.00. The molecule has 0 radical (unpaired) electrons. The standard InChI is InChI=1S/C19H21F4N3O2/c1-4-13(20)10-14(21)7-8-19(16(27)26(3)18(24)25-19)12-5-6-15(11(2)9-12)28-17(22)23/h5-7,9-10,17H,4,8H2,1-3H3,(H2,24,25). The number of carbonyl (C=O) groups excluding carboxylic acids is 1. The number of ether oxygens (including phenoxy) is 1. The molecule has 1 aromatic carbocycles. The molecule has 1 aliphatic heterocycles. The summed E-state index contributed by atoms with van der Waals surface area (Å²) in [6.45, 7) is 0.0667. The van der Waals surface area contributed by atoms with Gasteiger partial charge in [0, 0.05) is 19.5 Å². The van der Waals surface area contributed by atoms with Gasteiger partial charge in [0.05, 0.1) is 0 Å². The van der Waals surface area contributed by atoms with E-state index in [2.05, 4.69) is 9.73 Å². The molecule has 1 unspecified atom stereocenters. The maximum absolute atomic E-state index is 14.0. The van der Waals surface area contributed by atoms with Crippen LogP contribution in [0.3, 0.4) is 0 Å². The third kappa shape index (κ3) is 4.35. The van der Waals surface area contributed by atoms with E-state index in [1.807, 2.05) is 0 Å². The second-order valence-corrected chi connectivity index (χ2v) is 6.29. The molecule has 0 aromatic heterocycles. The number of aryl methyl sites for hydroxylation is 1. The third-order valence-electron chi connectivity index (χ3n) is 4.40. The molecule has 1 amide bonds. The van der Waals surface area contributed by atoms with Gasteiger partial charge in [0.2, 0.25) is 0 Å². The Bertz CT molecular complexity index is 852. The van der Waals surface area contributed by atoms with E-state index >= 15 is 0 Å². The maximum atomic E-state index is 14.0. The van der Waals surface area contributed by atoms with Crippen LogP contribution in [0.25, 0.3) is 0 Å². The first-order valence-electron chi connectivity index (χ1n) is 8.52. The predicted molar refractivity (Wildman–Crippen MR) is 97.2 cm³/mol. The largest absolute Gasteiger partial charge is 0.435 e. The molecule has 5 nitrogen and oxygen atoms in total. The Hall–Kier alpha value is -2.84. The van der Waals surface area contributed by atoms with Crippen LogP contribution in [0, 0.1) is 6.92 Å². The van der Waals surface area contributed by atoms with Crippen molar-refractivity contribution < 1.29 is 27.1 Å². The smallest absolute Gasteiger partial charge is 0.387 e. The quantitative estimate of drug-likeness (QED) is 0.555. The van der Waals surface area contributed by atoms with E-state index in [9.17, 15) is 22.4 Å². The number of allylic oxidation sites excluding steroid dienone is 3. The number of hydrogen-bond donors (Lipinski definition) is 1. The lowest BCUT2D eigenvalue weighted by Crippen LogP contribution is -2.40. The fourth-order valence-corrected chi connectivity index (χ4v) is 2.83. The Kier molecular flexibility index (Phi) is 6.48. The number of nitrogens with zero attached hydrogens (tertiary/aromatic N) is 2. The number of nitrogens with two attached hydrogens (primary N) is 1. The van der Waals surface area contributed by atoms with Gasteiger partial charge in [0.25, 0.3) is 5.91 Å². The zero-order chi connectivity index (χ0) is 21.1. The van der Waals surface area contributed by atoms with Crippen molar-refractivity contribution in [2.45, 2.75) is 38.8 Å². The Labute approximate surface area is 160 Å². The molecule has 0 spiro atoms. The molecule has 0 saturated carbocycles. The van der Waals surface area contributed by atoms with Crippen LogP contribution in [-0.4, -0.2) is 30.4 Å². The fraction of sp³-hybridized carbons (Fsp3) is 0.368. The number of halogens is 4. The molecular formula is C19H21F4N3O2. The number of aliphatic imine (C=N–C) groups is 1. The van der Waals surface area contributed by atoms with E-state index in [-0.39, 0.29) is 24.6 Å². The lowest BCUT2D eigenvalue weighted by Gasteiger charge is -2.25. The van der Waals surface area contributed by atoms with E-state index in [1.165, 1.54) is 39.1 Å². The molecule has 9 heteroatoms. The first-order valence-corrected chi connectivity index (χ1v) is 8.52. The van der Waals surface area contributed by atoms with Crippen LogP contribution in [-0.2, 0) is 10.3 Å². The highest BCUT2D eigenvalue weighted by Crippen LogP contribution is 2.38. The van der Waals surface area contributed by atoms with Crippen molar-refractivity contribution in [3.05, 3.63) is 53.1 Å². The van der Waals surface area contributed by atoms with E-state index in [0.717, 1.165) is 17.1 Å². The molecular weight excluding hydrogens is 378 g/mol. The Morgan fingerprint density at radius 2 is 2.07 bits per heavy atom. The van der Waals surface area contributed by atoms with E-state index in [4.69, 9.17) is 5.73 Å². The summed E-state index contributed by atoms with van der Waals surface area (Å²) in [5.41, 5.74) is 4.86. The van der Waals surface area contributed by atoms with Gasteiger partial charge in [-0.15, -0.1) is 0 Å². The van der Waals surface area contributed by atoms with E-state index in [1.54, 1.807) is 0 Å². The Balaban J connectivity index is 2.49. The molecule has 2 N–H and O–H groups in total. The average molecular weight is 399 g/mol. The summed E-state index contributed by atoms with van der Waals surface area (Å²) in [5, 5.41) is 0. The third-order valence-corrected chi connectivity index (χ3v) is 4.40. The lowest BCUT2D eigenvalue weighted by molar-refractivity contribution is -0.130. The maximum Gasteiger partial charge on any atom is 0.387 e. The number of likely N-dealkylation sites (N-methyl/N-ethyl adjacent to an activating group) is 1. The number of amides is 1. The molecule has 1 heterocycles. The van der Waals surface area contributed by atoms with Crippen molar-refractivity contribution in [2.24, 2.45) is 10.7 Å². The number of carbonyl (C=O) groups is 1. The Morgan fingerprint density at radius 1 is 1.39 bits per heavy atom. The Morgan fingerprint density at radius 3 is 2.57 bits per heavy atom. The SMILES string of the molecule is CCC(F)=CC(F)=CCC1(c2ccc(OC(F)F)c(C)c2)N=C(N)N(C)C1=O. The van der Waals surface area contributed by atoms with Gasteiger partial charge in [-0.2, -0.15) is 8.78 Å². The van der Waals surface area contributed by atoms with Crippen LogP contribution in [0.5, 0.6) is 5.75 Å². The van der Waals surface area contributed by atoms with Crippen molar-refractivity contribution >= 4 is 11.9 Å². The first-order chi connectivity index (χ1) is 13.1. The highest BCUT2D eigenvalue weighted by molar-refractivity contribution is 6.07. The molecule has 0 bridgehead atoms. The number of alkyl halides is 2. The number of guanidine groups is 1. The van der Waals surface area contributed by atoms with Gasteiger partial charge in [0.15, 0.2) is 11.5 Å². The summed E-state index contributed by atoms with van der Waals surface area (Å²) >= 11 is 0. The topological polar surface area (TPSA) is 67.9 Å². The highest BCUT2D eigenvalue weighted by atomic mass is 19.3. The highest BCUT2D eigenvalue weighted by Gasteiger charge is 2.47. The molecule has 152 valence electrons. The molecule has 28 heavy (non-hydrogen) atoms. The predicted octanol–water partition coefficient (Wildman–Crippen LogP) is 4.09. The summed E-state index contributed by atoms with van der Waals surface area (Å²) in [7, 11) is 1.42. The molecule has 0 aliphatic carbocycles. The van der Waals surface area contributed by atoms with Gasteiger partial charge < -0.3 is 10.5 Å². The van der Waals surface area contributed by atoms with Crippen molar-refractivity contribution in [3.63, 3.8) is 0 Å². The van der Waals surface area contributed by atoms with Crippen LogP contribution >= 0.6 is 0 Å². The van der Waals surface area contributed by atoms with Crippen molar-refractivity contribution in [3.8, 4) is 5.75 Å². The molecule has 2 rings (SSSR count). The minimum Gasteiger partial charge on any atom is -0.435 e. The summed E-state index contributed by atoms with van der Waals surface area (Å²) < 4.78 is 56.7. The monoisotopic (exact) mass is 399 g/mol. The second-order valence-electron chi connectivity index (χ2n) is 6.29. The molecule has 0 saturated heterocycles. The van der Waals surface area contributed by atoms with Crippen LogP contribution in [0.1, 0.15) is 30.9 Å². The normalized spacial score (nSPS) is 20.8. The minimum absolute atomic E-state index is 0.0317. The van der Waals surface area contributed by atoms with Gasteiger partial charge >= 0.3 is 6.61 Å². The second kappa shape index (κ2) is 8.45. The van der Waals surface area contributed by atoms with Crippen molar-refractivity contribution in [1.29, 1.82) is 0 Å². The summed E-state index contributed by atoms with van der Waals surface area (Å²) in [6.07, 6.45) is 1.57. The zero-order valence-electron chi connectivity index (χ0n) is 15.7. The van der Waals surface area contributed by atoms with E-state index < -0.39 is 29.7 Å². The summed E-state index contributed by atoms with van der Waals surface area (Å²) in [5.74, 6) is -2.15. The molecule has 1 aromatic rings. The van der Waals surface area contributed by atoms with Gasteiger partial charge in [-0.3, -0.25) is 9.69 Å². The molecule has 0 fully saturated rings. The van der Waals surface area contributed by atoms with Crippen LogP contribution < -0.4 is 10.5 Å². The number of hydrogen-bond acceptors (Lipinski definition) is 4. The molecule has 1 aliphatic rings. The van der Waals surface area contributed by atoms with Crippen LogP contribution in [0.15, 0.2) is 47.0 Å². The van der Waals surface area contributed by atoms with E-state index in [0.29, 0.717) is 11.1 Å². The zero-order valence-corrected chi connectivity index (χ0v) is 15.7. The van der Waals surface area contributed by atoms with Gasteiger partial charge in [-0.25, -0.2) is 13.8 Å². The summed E-state index contributed by atoms with van der Waals surface area (Å²) in [4.78, 5) is 18.2. The average Bonchev–Trinajstić information content (AvgIpc) is 2.86. The van der Waals surface area contributed by atoms with Crippen LogP contribution in [0.4, 0.5) is 17.6 Å². The fourth-order valence-electron chi connectivity index (χ4n) is 2.83. The van der Waals surface area contributed by atoms with Crippen LogP contribution in [0.2, 0.25) is 0 Å². The molecule has 1 atom stereocenters. The van der Waals surface area contributed by atoms with Gasteiger partial charge in [-0.05, 0) is 42.7 Å². The first kappa shape index (κ1) is 21.5. The van der Waals surface area contributed by atoms with Gasteiger partial charge in [-0.1, -0.05) is 13.0 Å². The number of benzene rings is 1. The van der Waals surface area contributed by atoms with Crippen molar-refractivity contribution in [2.75, 3.05) is 7.05 Å².